The summed E-state index contributed by atoms with van der Waals surface area (Å²) in [7, 11) is 0.517. The van der Waals surface area contributed by atoms with Gasteiger partial charge in [-0.15, -0.1) is 0 Å². The van der Waals surface area contributed by atoms with E-state index in [2.05, 4.69) is 93.8 Å². The Morgan fingerprint density at radius 1 is 0.731 bits per heavy atom. The van der Waals surface area contributed by atoms with E-state index in [0.29, 0.717) is 0 Å². The fourth-order valence-electron chi connectivity index (χ4n) is 3.67. The van der Waals surface area contributed by atoms with Crippen molar-refractivity contribution in [3.8, 4) is 5.75 Å². The molecule has 0 N–H and O–H groups in total. The van der Waals surface area contributed by atoms with Crippen molar-refractivity contribution in [2.24, 2.45) is 0 Å². The minimum atomic E-state index is -1.20. The van der Waals surface area contributed by atoms with Gasteiger partial charge < -0.3 is 4.74 Å². The highest BCUT2D eigenvalue weighted by Gasteiger charge is 2.65. The first kappa shape index (κ1) is 15.6. The number of ether oxygens (including phenoxy) is 1. The van der Waals surface area contributed by atoms with Gasteiger partial charge in [0.25, 0.3) is 0 Å². The molecule has 3 aromatic carbocycles. The first-order chi connectivity index (χ1) is 12.9. The van der Waals surface area contributed by atoms with Crippen LogP contribution in [0.15, 0.2) is 89.8 Å². The fraction of sp³-hybridized carbons (Fsp3) is 0.182. The van der Waals surface area contributed by atoms with Crippen LogP contribution < -0.4 is 13.6 Å². The summed E-state index contributed by atoms with van der Waals surface area (Å²) in [6.07, 6.45) is 2.61. The predicted octanol–water partition coefficient (Wildman–Crippen LogP) is 5.79. The van der Waals surface area contributed by atoms with Gasteiger partial charge in [0.05, 0.1) is 18.5 Å². The minimum absolute atomic E-state index is 0.729. The van der Waals surface area contributed by atoms with Crippen molar-refractivity contribution in [1.82, 2.24) is 0 Å². The molecule has 0 spiro atoms. The smallest absolute Gasteiger partial charge is 0.119 e. The number of hydrazine groups is 1. The van der Waals surface area contributed by atoms with Crippen LogP contribution in [0.2, 0.25) is 0 Å². The Hall–Kier alpha value is -2.59. The van der Waals surface area contributed by atoms with Crippen molar-refractivity contribution >= 4 is 21.8 Å². The monoisotopic (exact) mass is 362 g/mol. The summed E-state index contributed by atoms with van der Waals surface area (Å²) in [6, 6.07) is 30.3. The van der Waals surface area contributed by atoms with Crippen LogP contribution in [0.25, 0.3) is 0 Å². The van der Waals surface area contributed by atoms with Gasteiger partial charge >= 0.3 is 0 Å². The highest BCUT2D eigenvalue weighted by molar-refractivity contribution is 8.42. The normalized spacial score (nSPS) is 24.0. The third kappa shape index (κ3) is 2.29. The van der Waals surface area contributed by atoms with Crippen LogP contribution in [0.1, 0.15) is 12.8 Å². The van der Waals surface area contributed by atoms with E-state index >= 15 is 0 Å². The van der Waals surface area contributed by atoms with Gasteiger partial charge in [-0.25, -0.2) is 8.83 Å². The molecule has 1 heterocycles. The number of nitrogens with zero attached hydrogens (tertiary/aromatic N) is 2. The molecule has 1 aliphatic carbocycles. The van der Waals surface area contributed by atoms with Crippen molar-refractivity contribution < 1.29 is 4.74 Å². The standard InChI is InChI=1S/C22H22N2OS/c1-25-20-14-12-19(13-15-20)24-23(18-8-4-2-5-9-18)26(24,22-16-17-22)21-10-6-3-7-11-21/h2-15,22H,16-17H2,1H3. The topological polar surface area (TPSA) is 15.2 Å². The molecule has 26 heavy (non-hydrogen) atoms. The van der Waals surface area contributed by atoms with Crippen LogP contribution >= 0.6 is 10.4 Å². The van der Waals surface area contributed by atoms with Gasteiger partial charge in [-0.3, -0.25) is 0 Å². The fourth-order valence-corrected chi connectivity index (χ4v) is 8.02. The van der Waals surface area contributed by atoms with Crippen LogP contribution in [0.5, 0.6) is 5.75 Å². The second-order valence-electron chi connectivity index (χ2n) is 6.68. The first-order valence-corrected chi connectivity index (χ1v) is 10.6. The summed E-state index contributed by atoms with van der Waals surface area (Å²) in [5.74, 6) is 0.897. The van der Waals surface area contributed by atoms with Crippen molar-refractivity contribution in [3.63, 3.8) is 0 Å². The molecule has 3 aromatic rings. The second-order valence-corrected chi connectivity index (χ2v) is 9.70. The largest absolute Gasteiger partial charge is 0.497 e. The van der Waals surface area contributed by atoms with E-state index in [0.717, 1.165) is 11.0 Å². The molecule has 1 saturated carbocycles. The van der Waals surface area contributed by atoms with E-state index in [1.165, 1.54) is 29.1 Å². The lowest BCUT2D eigenvalue weighted by molar-refractivity contribution is 0.415. The molecule has 3 nitrogen and oxygen atoms in total. The summed E-state index contributed by atoms with van der Waals surface area (Å²) in [6.45, 7) is 0. The Kier molecular flexibility index (Phi) is 3.61. The lowest BCUT2D eigenvalue weighted by Gasteiger charge is -2.20. The summed E-state index contributed by atoms with van der Waals surface area (Å²) < 4.78 is 10.4. The van der Waals surface area contributed by atoms with Crippen molar-refractivity contribution in [2.75, 3.05) is 15.9 Å². The number of rotatable bonds is 5. The molecular weight excluding hydrogens is 340 g/mol. The number of methoxy groups -OCH3 is 1. The van der Waals surface area contributed by atoms with Gasteiger partial charge in [0.1, 0.15) is 5.75 Å². The molecule has 0 amide bonds. The Bertz CT molecular complexity index is 896. The molecule has 0 radical (unpaired) electrons. The zero-order valence-electron chi connectivity index (χ0n) is 14.8. The van der Waals surface area contributed by atoms with Crippen molar-refractivity contribution in [2.45, 2.75) is 23.0 Å². The summed E-state index contributed by atoms with van der Waals surface area (Å²) in [5, 5.41) is 0.729. The third-order valence-electron chi connectivity index (χ3n) is 5.02. The Morgan fingerprint density at radius 3 is 1.81 bits per heavy atom. The van der Waals surface area contributed by atoms with Gasteiger partial charge in [0.2, 0.25) is 0 Å². The number of hydrogen-bond acceptors (Lipinski definition) is 3. The van der Waals surface area contributed by atoms with Gasteiger partial charge in [0, 0.05) is 10.1 Å². The molecule has 1 unspecified atom stereocenters. The van der Waals surface area contributed by atoms with Gasteiger partial charge in [-0.2, -0.15) is 0 Å². The zero-order valence-corrected chi connectivity index (χ0v) is 15.6. The van der Waals surface area contributed by atoms with E-state index in [9.17, 15) is 0 Å². The van der Waals surface area contributed by atoms with E-state index in [-0.39, 0.29) is 0 Å². The molecule has 5 rings (SSSR count). The quantitative estimate of drug-likeness (QED) is 0.534. The molecule has 132 valence electrons. The number of para-hydroxylation sites is 1. The minimum Gasteiger partial charge on any atom is -0.497 e. The molecule has 2 fully saturated rings. The summed E-state index contributed by atoms with van der Waals surface area (Å²) in [4.78, 5) is 1.45. The van der Waals surface area contributed by atoms with Gasteiger partial charge in [-0.1, -0.05) is 36.4 Å². The second kappa shape index (κ2) is 5.99. The Labute approximate surface area is 156 Å². The molecule has 2 aliphatic rings. The lowest BCUT2D eigenvalue weighted by Crippen LogP contribution is -2.03. The van der Waals surface area contributed by atoms with Crippen molar-refractivity contribution in [3.05, 3.63) is 84.9 Å². The first-order valence-electron chi connectivity index (χ1n) is 9.02. The van der Waals surface area contributed by atoms with Crippen LogP contribution in [-0.2, 0) is 0 Å². The van der Waals surface area contributed by atoms with E-state index < -0.39 is 10.4 Å². The van der Waals surface area contributed by atoms with Gasteiger partial charge in [0.15, 0.2) is 0 Å². The number of anilines is 2. The highest BCUT2D eigenvalue weighted by Crippen LogP contribution is 2.84. The van der Waals surface area contributed by atoms with Gasteiger partial charge in [-0.05, 0) is 71.8 Å². The van der Waals surface area contributed by atoms with E-state index in [1.807, 2.05) is 0 Å². The van der Waals surface area contributed by atoms with Crippen LogP contribution in [0.3, 0.4) is 0 Å². The molecule has 1 atom stereocenters. The molecule has 1 saturated heterocycles. The number of hydrogen-bond donors (Lipinski definition) is 0. The maximum absolute atomic E-state index is 5.35. The number of benzene rings is 3. The molecule has 0 bridgehead atoms. The Balaban J connectivity index is 1.65. The SMILES string of the molecule is COc1ccc(N2N(c3ccccc3)S2(c2ccccc2)C2CC2)cc1. The highest BCUT2D eigenvalue weighted by atomic mass is 32.3. The average Bonchev–Trinajstić information content (AvgIpc) is 3.62. The van der Waals surface area contributed by atoms with Crippen LogP contribution in [-0.4, -0.2) is 12.4 Å². The molecule has 1 aliphatic heterocycles. The van der Waals surface area contributed by atoms with E-state index in [1.54, 1.807) is 7.11 Å². The maximum Gasteiger partial charge on any atom is 0.119 e. The summed E-state index contributed by atoms with van der Waals surface area (Å²) in [5.41, 5.74) is 2.51. The maximum atomic E-state index is 5.35. The van der Waals surface area contributed by atoms with Crippen molar-refractivity contribution in [1.29, 1.82) is 0 Å². The molecular formula is C22H22N2OS. The molecule has 0 aromatic heterocycles. The predicted molar refractivity (Wildman–Crippen MR) is 110 cm³/mol. The summed E-state index contributed by atoms with van der Waals surface area (Å²) >= 11 is 0. The van der Waals surface area contributed by atoms with Crippen LogP contribution in [0, 0.1) is 0 Å². The van der Waals surface area contributed by atoms with E-state index in [4.69, 9.17) is 4.74 Å². The third-order valence-corrected chi connectivity index (χ3v) is 9.04. The lowest BCUT2D eigenvalue weighted by atomic mass is 10.3. The Morgan fingerprint density at radius 2 is 1.27 bits per heavy atom. The van der Waals surface area contributed by atoms with Crippen LogP contribution in [0.4, 0.5) is 11.4 Å². The molecule has 4 heteroatoms. The average molecular weight is 362 g/mol. The zero-order chi connectivity index (χ0) is 17.6.